The van der Waals surface area contributed by atoms with Crippen LogP contribution in [0.5, 0.6) is 0 Å². The Hall–Kier alpha value is -0.270. The van der Waals surface area contributed by atoms with E-state index in [-0.39, 0.29) is 40.7 Å². The monoisotopic (exact) mass is 348 g/mol. The van der Waals surface area contributed by atoms with E-state index >= 15 is 0 Å². The van der Waals surface area contributed by atoms with Gasteiger partial charge in [-0.1, -0.05) is 20.8 Å². The minimum absolute atomic E-state index is 0.00635. The summed E-state index contributed by atoms with van der Waals surface area (Å²) in [6.07, 6.45) is 2.25. The van der Waals surface area contributed by atoms with Gasteiger partial charge >= 0.3 is 0 Å². The van der Waals surface area contributed by atoms with Crippen LogP contribution in [-0.4, -0.2) is 66.9 Å². The van der Waals surface area contributed by atoms with Crippen LogP contribution in [0.3, 0.4) is 0 Å². The van der Waals surface area contributed by atoms with Gasteiger partial charge in [0.05, 0.1) is 22.8 Å². The molecule has 1 amide bonds. The summed E-state index contributed by atoms with van der Waals surface area (Å²) in [6, 6.07) is -0.301. The van der Waals surface area contributed by atoms with Crippen LogP contribution in [0.15, 0.2) is 0 Å². The molecule has 0 unspecified atom stereocenters. The van der Waals surface area contributed by atoms with Gasteiger partial charge in [-0.15, -0.1) is 11.8 Å². The molecule has 0 aromatic rings. The molecule has 3 atom stereocenters. The molecule has 0 radical (unpaired) electrons. The lowest BCUT2D eigenvalue weighted by Crippen LogP contribution is -2.52. The summed E-state index contributed by atoms with van der Waals surface area (Å²) in [5, 5.41) is 2.94. The van der Waals surface area contributed by atoms with Crippen molar-refractivity contribution < 1.29 is 13.2 Å². The average Bonchev–Trinajstić information content (AvgIpc) is 3.02. The molecule has 0 spiro atoms. The van der Waals surface area contributed by atoms with Gasteiger partial charge in [0, 0.05) is 6.04 Å². The van der Waals surface area contributed by atoms with Gasteiger partial charge in [0.25, 0.3) is 0 Å². The van der Waals surface area contributed by atoms with Gasteiger partial charge in [-0.05, 0) is 37.6 Å². The normalized spacial score (nSPS) is 29.8. The van der Waals surface area contributed by atoms with E-state index in [1.54, 1.807) is 11.8 Å². The van der Waals surface area contributed by atoms with Crippen molar-refractivity contribution in [1.29, 1.82) is 0 Å². The fourth-order valence-electron chi connectivity index (χ4n) is 3.42. The maximum Gasteiger partial charge on any atom is 0.233 e. The first-order valence-electron chi connectivity index (χ1n) is 8.20. The number of amides is 1. The van der Waals surface area contributed by atoms with Gasteiger partial charge in [0.15, 0.2) is 9.84 Å². The number of likely N-dealkylation sites (tertiary alicyclic amines) is 1. The van der Waals surface area contributed by atoms with Crippen LogP contribution in [0.4, 0.5) is 0 Å². The van der Waals surface area contributed by atoms with Crippen LogP contribution >= 0.6 is 11.8 Å². The number of nitrogens with zero attached hydrogens (tertiary/aromatic N) is 1. The van der Waals surface area contributed by atoms with E-state index in [1.165, 1.54) is 0 Å². The fraction of sp³-hybridized carbons (Fsp3) is 0.933. The van der Waals surface area contributed by atoms with E-state index in [0.29, 0.717) is 0 Å². The molecule has 1 N–H and O–H groups in total. The zero-order valence-electron chi connectivity index (χ0n) is 13.7. The lowest BCUT2D eigenvalue weighted by Gasteiger charge is -2.30. The Kier molecular flexibility index (Phi) is 6.19. The van der Waals surface area contributed by atoms with Gasteiger partial charge in [-0.25, -0.2) is 8.42 Å². The van der Waals surface area contributed by atoms with Crippen molar-refractivity contribution in [3.63, 3.8) is 0 Å². The molecule has 0 saturated carbocycles. The Labute approximate surface area is 138 Å². The van der Waals surface area contributed by atoms with E-state index in [9.17, 15) is 13.2 Å². The van der Waals surface area contributed by atoms with Crippen molar-refractivity contribution in [2.45, 2.75) is 50.9 Å². The first-order valence-corrected chi connectivity index (χ1v) is 11.1. The van der Waals surface area contributed by atoms with Crippen LogP contribution in [0.1, 0.15) is 33.6 Å². The Balaban J connectivity index is 2.06. The van der Waals surface area contributed by atoms with E-state index in [2.05, 4.69) is 10.2 Å². The molecule has 128 valence electrons. The van der Waals surface area contributed by atoms with Gasteiger partial charge in [0.1, 0.15) is 0 Å². The lowest BCUT2D eigenvalue weighted by atomic mass is 10.1. The highest BCUT2D eigenvalue weighted by molar-refractivity contribution is 8.00. The number of carbonyl (C=O) groups is 1. The quantitative estimate of drug-likeness (QED) is 0.780. The molecular weight excluding hydrogens is 320 g/mol. The highest BCUT2D eigenvalue weighted by Crippen LogP contribution is 2.24. The molecule has 0 aromatic carbocycles. The largest absolute Gasteiger partial charge is 0.350 e. The van der Waals surface area contributed by atoms with Crippen molar-refractivity contribution in [3.05, 3.63) is 0 Å². The van der Waals surface area contributed by atoms with Crippen molar-refractivity contribution in [2.24, 2.45) is 5.92 Å². The maximum absolute atomic E-state index is 12.6. The first kappa shape index (κ1) is 18.1. The molecular formula is C15H28N2O3S2. The van der Waals surface area contributed by atoms with Crippen molar-refractivity contribution in [2.75, 3.05) is 30.3 Å². The van der Waals surface area contributed by atoms with Crippen LogP contribution in [0, 0.1) is 5.92 Å². The highest BCUT2D eigenvalue weighted by Gasteiger charge is 2.43. The molecule has 0 aliphatic carbocycles. The van der Waals surface area contributed by atoms with Crippen molar-refractivity contribution >= 4 is 27.5 Å². The molecule has 2 aliphatic rings. The van der Waals surface area contributed by atoms with Gasteiger partial charge in [0.2, 0.25) is 5.91 Å². The number of sulfone groups is 1. The van der Waals surface area contributed by atoms with Gasteiger partial charge < -0.3 is 5.32 Å². The molecule has 2 fully saturated rings. The third-order valence-electron chi connectivity index (χ3n) is 4.47. The minimum Gasteiger partial charge on any atom is -0.350 e. The zero-order chi connectivity index (χ0) is 16.3. The Morgan fingerprint density at radius 1 is 1.27 bits per heavy atom. The molecule has 0 aromatic heterocycles. The minimum atomic E-state index is -3.05. The predicted molar refractivity (Wildman–Crippen MR) is 91.9 cm³/mol. The second-order valence-electron chi connectivity index (χ2n) is 6.62. The maximum atomic E-state index is 12.6. The number of thioether (sulfide) groups is 1. The first-order chi connectivity index (χ1) is 10.3. The summed E-state index contributed by atoms with van der Waals surface area (Å²) in [6.45, 7) is 8.01. The van der Waals surface area contributed by atoms with E-state index < -0.39 is 9.84 Å². The fourth-order valence-corrected chi connectivity index (χ4v) is 6.33. The predicted octanol–water partition coefficient (Wildman–Crippen LogP) is 1.14. The third-order valence-corrected chi connectivity index (χ3v) is 7.64. The Morgan fingerprint density at radius 2 is 1.91 bits per heavy atom. The molecule has 2 saturated heterocycles. The number of nitrogens with one attached hydrogen (secondary N) is 1. The molecule has 22 heavy (non-hydrogen) atoms. The molecule has 0 bridgehead atoms. The SMILES string of the molecule is CCS[C@H](C(=O)N[C@H]1CS(=O)(=O)C[C@@H]1N1CCCC1)C(C)C. The van der Waals surface area contributed by atoms with Gasteiger partial charge in [-0.3, -0.25) is 9.69 Å². The summed E-state index contributed by atoms with van der Waals surface area (Å²) in [5.74, 6) is 1.39. The number of hydrogen-bond donors (Lipinski definition) is 1. The Bertz CT molecular complexity index is 487. The highest BCUT2D eigenvalue weighted by atomic mass is 32.2. The Morgan fingerprint density at radius 3 is 2.45 bits per heavy atom. The summed E-state index contributed by atoms with van der Waals surface area (Å²) >= 11 is 1.63. The molecule has 2 heterocycles. The summed E-state index contributed by atoms with van der Waals surface area (Å²) < 4.78 is 24.1. The van der Waals surface area contributed by atoms with Gasteiger partial charge in [-0.2, -0.15) is 0 Å². The zero-order valence-corrected chi connectivity index (χ0v) is 15.4. The van der Waals surface area contributed by atoms with Crippen LogP contribution in [0.2, 0.25) is 0 Å². The number of hydrogen-bond acceptors (Lipinski definition) is 5. The second kappa shape index (κ2) is 7.53. The average molecular weight is 349 g/mol. The number of rotatable bonds is 6. The lowest BCUT2D eigenvalue weighted by molar-refractivity contribution is -0.122. The second-order valence-corrected chi connectivity index (χ2v) is 10.2. The van der Waals surface area contributed by atoms with Crippen LogP contribution < -0.4 is 5.32 Å². The van der Waals surface area contributed by atoms with Crippen molar-refractivity contribution in [3.8, 4) is 0 Å². The summed E-state index contributed by atoms with van der Waals surface area (Å²) in [7, 11) is -3.05. The van der Waals surface area contributed by atoms with Crippen LogP contribution in [0.25, 0.3) is 0 Å². The smallest absolute Gasteiger partial charge is 0.233 e. The molecule has 2 aliphatic heterocycles. The number of carbonyl (C=O) groups excluding carboxylic acids is 1. The topological polar surface area (TPSA) is 66.5 Å². The molecule has 7 heteroatoms. The molecule has 5 nitrogen and oxygen atoms in total. The third kappa shape index (κ3) is 4.38. The summed E-state index contributed by atoms with van der Waals surface area (Å²) in [4.78, 5) is 14.8. The van der Waals surface area contributed by atoms with Crippen LogP contribution in [-0.2, 0) is 14.6 Å². The van der Waals surface area contributed by atoms with Crippen molar-refractivity contribution in [1.82, 2.24) is 10.2 Å². The molecule has 2 rings (SSSR count). The van der Waals surface area contributed by atoms with E-state index in [1.807, 2.05) is 20.8 Å². The summed E-state index contributed by atoms with van der Waals surface area (Å²) in [5.41, 5.74) is 0. The van der Waals surface area contributed by atoms with E-state index in [0.717, 1.165) is 31.7 Å². The standard InChI is InChI=1S/C15H28N2O3S2/c1-4-21-14(11(2)3)15(18)16-12-9-22(19,20)10-13(12)17-7-5-6-8-17/h11-14H,4-10H2,1-3H3,(H,16,18)/t12-,13-,14-/m0/s1. The van der Waals surface area contributed by atoms with E-state index in [4.69, 9.17) is 0 Å².